The molecule has 0 spiro atoms. The molecule has 2 rings (SSSR count). The number of hydrogen-bond donors (Lipinski definition) is 1. The van der Waals surface area contributed by atoms with Crippen molar-refractivity contribution in [1.82, 2.24) is 4.90 Å². The van der Waals surface area contributed by atoms with Crippen LogP contribution in [0, 0.1) is 10.1 Å². The number of non-ortho nitro benzene ring substituents is 1. The number of nitro groups is 1. The van der Waals surface area contributed by atoms with Crippen LogP contribution >= 0.6 is 15.9 Å². The first-order valence-corrected chi connectivity index (χ1v) is 8.25. The smallest absolute Gasteiger partial charge is 0.270 e. The number of aromatic hydroxyl groups is 1. The highest BCUT2D eigenvalue weighted by atomic mass is 79.9. The van der Waals surface area contributed by atoms with Gasteiger partial charge in [-0.25, -0.2) is 0 Å². The van der Waals surface area contributed by atoms with E-state index in [2.05, 4.69) is 20.8 Å². The zero-order chi connectivity index (χ0) is 17.7. The number of phenolic OH excluding ortho intramolecular Hbond substituents is 1. The number of phenols is 1. The lowest BCUT2D eigenvalue weighted by Gasteiger charge is -2.22. The monoisotopic (exact) mass is 394 g/mol. The molecule has 0 radical (unpaired) electrons. The number of nitro benzene ring substituents is 1. The van der Waals surface area contributed by atoms with Crippen molar-refractivity contribution in [2.24, 2.45) is 0 Å². The highest BCUT2D eigenvalue weighted by Gasteiger charge is 2.15. The Labute approximate surface area is 149 Å². The van der Waals surface area contributed by atoms with Gasteiger partial charge in [-0.15, -0.1) is 0 Å². The number of ether oxygens (including phenoxy) is 1. The molecule has 0 atom stereocenters. The number of rotatable bonds is 7. The minimum absolute atomic E-state index is 0.0344. The summed E-state index contributed by atoms with van der Waals surface area (Å²) in [5.41, 5.74) is 1.56. The molecule has 24 heavy (non-hydrogen) atoms. The van der Waals surface area contributed by atoms with Gasteiger partial charge in [0.15, 0.2) is 0 Å². The molecular formula is C17H19BrN2O4. The topological polar surface area (TPSA) is 75.8 Å². The van der Waals surface area contributed by atoms with E-state index in [1.165, 1.54) is 12.1 Å². The van der Waals surface area contributed by atoms with Gasteiger partial charge in [0.25, 0.3) is 5.69 Å². The summed E-state index contributed by atoms with van der Waals surface area (Å²) in [6.45, 7) is 3.72. The van der Waals surface area contributed by atoms with Crippen LogP contribution in [0.5, 0.6) is 11.5 Å². The van der Waals surface area contributed by atoms with Crippen molar-refractivity contribution < 1.29 is 14.8 Å². The van der Waals surface area contributed by atoms with E-state index in [-0.39, 0.29) is 11.4 Å². The molecule has 2 aromatic carbocycles. The second-order valence-corrected chi connectivity index (χ2v) is 6.25. The molecule has 0 aliphatic rings. The van der Waals surface area contributed by atoms with E-state index >= 15 is 0 Å². The van der Waals surface area contributed by atoms with Crippen LogP contribution in [0.4, 0.5) is 5.69 Å². The largest absolute Gasteiger partial charge is 0.508 e. The first kappa shape index (κ1) is 18.2. The molecule has 0 aromatic heterocycles. The summed E-state index contributed by atoms with van der Waals surface area (Å²) in [5.74, 6) is 0.833. The molecule has 2 aromatic rings. The number of nitrogens with zero attached hydrogens (tertiary/aromatic N) is 2. The Morgan fingerprint density at radius 3 is 2.54 bits per heavy atom. The van der Waals surface area contributed by atoms with Crippen LogP contribution in [0.1, 0.15) is 18.1 Å². The quantitative estimate of drug-likeness (QED) is 0.565. The molecule has 128 valence electrons. The Bertz CT molecular complexity index is 737. The third kappa shape index (κ3) is 4.46. The fourth-order valence-electron chi connectivity index (χ4n) is 2.44. The van der Waals surface area contributed by atoms with E-state index in [4.69, 9.17) is 4.74 Å². The summed E-state index contributed by atoms with van der Waals surface area (Å²) in [6, 6.07) is 9.85. The minimum atomic E-state index is -0.417. The molecule has 0 aliphatic carbocycles. The lowest BCUT2D eigenvalue weighted by Crippen LogP contribution is -2.22. The van der Waals surface area contributed by atoms with E-state index in [0.717, 1.165) is 22.1 Å². The van der Waals surface area contributed by atoms with Crippen LogP contribution in [-0.2, 0) is 13.1 Å². The molecule has 0 fully saturated rings. The molecule has 1 N–H and O–H groups in total. The van der Waals surface area contributed by atoms with Gasteiger partial charge in [-0.3, -0.25) is 15.0 Å². The average molecular weight is 395 g/mol. The number of benzene rings is 2. The molecule has 0 saturated carbocycles. The minimum Gasteiger partial charge on any atom is -0.508 e. The van der Waals surface area contributed by atoms with E-state index < -0.39 is 4.92 Å². The van der Waals surface area contributed by atoms with Gasteiger partial charge in [-0.1, -0.05) is 22.9 Å². The predicted octanol–water partition coefficient (Wildman–Crippen LogP) is 4.09. The zero-order valence-corrected chi connectivity index (χ0v) is 15.1. The Hall–Kier alpha value is -2.12. The van der Waals surface area contributed by atoms with Gasteiger partial charge in [-0.2, -0.15) is 0 Å². The molecule has 0 unspecified atom stereocenters. The van der Waals surface area contributed by atoms with Crippen molar-refractivity contribution in [3.05, 3.63) is 62.1 Å². The van der Waals surface area contributed by atoms with Crippen LogP contribution in [0.25, 0.3) is 0 Å². The second-order valence-electron chi connectivity index (χ2n) is 5.33. The third-order valence-electron chi connectivity index (χ3n) is 3.75. The summed E-state index contributed by atoms with van der Waals surface area (Å²) in [6.07, 6.45) is 0. The molecule has 0 amide bonds. The van der Waals surface area contributed by atoms with Crippen molar-refractivity contribution in [2.75, 3.05) is 13.7 Å². The maximum Gasteiger partial charge on any atom is 0.270 e. The molecular weight excluding hydrogens is 376 g/mol. The Morgan fingerprint density at radius 1 is 1.21 bits per heavy atom. The Balaban J connectivity index is 2.25. The molecule has 0 bridgehead atoms. The van der Waals surface area contributed by atoms with E-state index in [9.17, 15) is 15.2 Å². The van der Waals surface area contributed by atoms with E-state index in [1.807, 2.05) is 13.0 Å². The molecule has 6 nitrogen and oxygen atoms in total. The SMILES string of the molecule is CCN(Cc1cc(Br)ccc1O)Cc1cc([N+](=O)[O-])ccc1OC. The summed E-state index contributed by atoms with van der Waals surface area (Å²) in [4.78, 5) is 12.6. The number of hydrogen-bond acceptors (Lipinski definition) is 5. The number of methoxy groups -OCH3 is 1. The fraction of sp³-hybridized carbons (Fsp3) is 0.294. The second kappa shape index (κ2) is 8.12. The highest BCUT2D eigenvalue weighted by molar-refractivity contribution is 9.10. The molecule has 0 heterocycles. The van der Waals surface area contributed by atoms with Crippen molar-refractivity contribution >= 4 is 21.6 Å². The summed E-state index contributed by atoms with van der Waals surface area (Å²) in [7, 11) is 1.54. The van der Waals surface area contributed by atoms with Gasteiger partial charge in [0.05, 0.1) is 12.0 Å². The lowest BCUT2D eigenvalue weighted by atomic mass is 10.1. The Kier molecular flexibility index (Phi) is 6.16. The van der Waals surface area contributed by atoms with Crippen molar-refractivity contribution in [3.8, 4) is 11.5 Å². The maximum atomic E-state index is 11.0. The molecule has 0 aliphatic heterocycles. The number of halogens is 1. The van der Waals surface area contributed by atoms with Crippen molar-refractivity contribution in [3.63, 3.8) is 0 Å². The third-order valence-corrected chi connectivity index (χ3v) is 4.24. The van der Waals surface area contributed by atoms with Gasteiger partial charge in [0.2, 0.25) is 0 Å². The van der Waals surface area contributed by atoms with Crippen LogP contribution in [0.15, 0.2) is 40.9 Å². The normalized spacial score (nSPS) is 10.8. The standard InChI is InChI=1S/C17H19BrN2O4/c1-3-19(10-12-8-14(18)4-6-16(12)21)11-13-9-15(20(22)23)5-7-17(13)24-2/h4-9,21H,3,10-11H2,1-2H3. The van der Waals surface area contributed by atoms with Gasteiger partial charge in [-0.05, 0) is 30.8 Å². The fourth-order valence-corrected chi connectivity index (χ4v) is 2.85. The van der Waals surface area contributed by atoms with Gasteiger partial charge >= 0.3 is 0 Å². The molecule has 0 saturated heterocycles. The lowest BCUT2D eigenvalue weighted by molar-refractivity contribution is -0.385. The van der Waals surface area contributed by atoms with Crippen LogP contribution < -0.4 is 4.74 Å². The zero-order valence-electron chi connectivity index (χ0n) is 13.5. The van der Waals surface area contributed by atoms with Gasteiger partial charge in [0.1, 0.15) is 11.5 Å². The summed E-state index contributed by atoms with van der Waals surface area (Å²) in [5, 5.41) is 21.0. The first-order valence-electron chi connectivity index (χ1n) is 7.45. The average Bonchev–Trinajstić information content (AvgIpc) is 2.57. The van der Waals surface area contributed by atoms with Crippen LogP contribution in [-0.4, -0.2) is 28.6 Å². The first-order chi connectivity index (χ1) is 11.4. The van der Waals surface area contributed by atoms with Crippen molar-refractivity contribution in [1.29, 1.82) is 0 Å². The Morgan fingerprint density at radius 2 is 1.92 bits per heavy atom. The highest BCUT2D eigenvalue weighted by Crippen LogP contribution is 2.27. The predicted molar refractivity (Wildman–Crippen MR) is 95.2 cm³/mol. The van der Waals surface area contributed by atoms with Gasteiger partial charge < -0.3 is 9.84 Å². The molecule has 7 heteroatoms. The van der Waals surface area contributed by atoms with E-state index in [0.29, 0.717) is 18.8 Å². The maximum absolute atomic E-state index is 11.0. The van der Waals surface area contributed by atoms with Crippen molar-refractivity contribution in [2.45, 2.75) is 20.0 Å². The summed E-state index contributed by atoms with van der Waals surface area (Å²) < 4.78 is 6.20. The van der Waals surface area contributed by atoms with Crippen LogP contribution in [0.3, 0.4) is 0 Å². The summed E-state index contributed by atoms with van der Waals surface area (Å²) >= 11 is 3.40. The van der Waals surface area contributed by atoms with E-state index in [1.54, 1.807) is 25.3 Å². The van der Waals surface area contributed by atoms with Crippen LogP contribution in [0.2, 0.25) is 0 Å². The van der Waals surface area contributed by atoms with Gasteiger partial charge in [0, 0.05) is 40.8 Å².